The first-order valence-corrected chi connectivity index (χ1v) is 14.0. The molecule has 0 unspecified atom stereocenters. The lowest BCUT2D eigenvalue weighted by atomic mass is 9.91. The van der Waals surface area contributed by atoms with Crippen LogP contribution in [0, 0.1) is 25.7 Å². The number of anilines is 2. The molecule has 1 saturated carbocycles. The van der Waals surface area contributed by atoms with Gasteiger partial charge in [0, 0.05) is 42.5 Å². The summed E-state index contributed by atoms with van der Waals surface area (Å²) in [5.74, 6) is 2.35. The molecule has 3 aromatic rings. The maximum atomic E-state index is 12.3. The molecule has 1 aliphatic carbocycles. The van der Waals surface area contributed by atoms with Gasteiger partial charge in [0.2, 0.25) is 11.9 Å². The molecule has 0 bridgehead atoms. The van der Waals surface area contributed by atoms with Crippen molar-refractivity contribution >= 4 is 40.9 Å². The summed E-state index contributed by atoms with van der Waals surface area (Å²) < 4.78 is 6.83. The molecule has 216 valence electrons. The van der Waals surface area contributed by atoms with Crippen molar-refractivity contribution in [1.82, 2.24) is 24.8 Å². The highest BCUT2D eigenvalue weighted by Crippen LogP contribution is 2.22. The quantitative estimate of drug-likeness (QED) is 0.200. The highest BCUT2D eigenvalue weighted by molar-refractivity contribution is 6.35. The summed E-state index contributed by atoms with van der Waals surface area (Å²) in [6, 6.07) is 6.89. The van der Waals surface area contributed by atoms with Crippen LogP contribution in [0.25, 0.3) is 5.82 Å². The third kappa shape index (κ3) is 11.8. The van der Waals surface area contributed by atoms with Crippen LogP contribution in [0.1, 0.15) is 50.3 Å². The fraction of sp³-hybridized carbons (Fsp3) is 0.448. The van der Waals surface area contributed by atoms with E-state index >= 15 is 0 Å². The van der Waals surface area contributed by atoms with Crippen molar-refractivity contribution in [3.8, 4) is 18.7 Å². The van der Waals surface area contributed by atoms with Crippen molar-refractivity contribution in [1.29, 1.82) is 0 Å². The van der Waals surface area contributed by atoms with Gasteiger partial charge in [0.05, 0.1) is 18.8 Å². The maximum absolute atomic E-state index is 12.3. The summed E-state index contributed by atoms with van der Waals surface area (Å²) in [5.41, 5.74) is 1.64. The predicted molar refractivity (Wildman–Crippen MR) is 163 cm³/mol. The molecule has 0 radical (unpaired) electrons. The van der Waals surface area contributed by atoms with Crippen molar-refractivity contribution in [2.24, 2.45) is 5.92 Å². The highest BCUT2D eigenvalue weighted by Gasteiger charge is 2.10. The molecule has 0 aliphatic heterocycles. The summed E-state index contributed by atoms with van der Waals surface area (Å²) in [5, 5.41) is 10.00. The van der Waals surface area contributed by atoms with Gasteiger partial charge in [-0.15, -0.1) is 12.8 Å². The number of benzene rings is 1. The van der Waals surface area contributed by atoms with E-state index in [1.54, 1.807) is 42.3 Å². The molecular weight excluding hydrogens is 549 g/mol. The number of hydrogen-bond donors (Lipinski definition) is 3. The van der Waals surface area contributed by atoms with Crippen LogP contribution >= 0.6 is 23.2 Å². The molecule has 0 atom stereocenters. The molecule has 3 N–H and O–H groups in total. The first kappa shape index (κ1) is 32.9. The van der Waals surface area contributed by atoms with E-state index in [0.717, 1.165) is 17.2 Å². The van der Waals surface area contributed by atoms with Crippen molar-refractivity contribution in [3.63, 3.8) is 0 Å². The second-order valence-corrected chi connectivity index (χ2v) is 10.2. The Bertz CT molecular complexity index is 1210. The van der Waals surface area contributed by atoms with E-state index in [4.69, 9.17) is 27.9 Å². The average molecular weight is 589 g/mol. The maximum Gasteiger partial charge on any atom is 0.239 e. The van der Waals surface area contributed by atoms with Gasteiger partial charge in [0.25, 0.3) is 0 Å². The summed E-state index contributed by atoms with van der Waals surface area (Å²) in [4.78, 5) is 25.4. The molecule has 40 heavy (non-hydrogen) atoms. The van der Waals surface area contributed by atoms with Gasteiger partial charge >= 0.3 is 0 Å². The van der Waals surface area contributed by atoms with Gasteiger partial charge in [-0.1, -0.05) is 68.3 Å². The van der Waals surface area contributed by atoms with Crippen LogP contribution in [0.4, 0.5) is 11.8 Å². The van der Waals surface area contributed by atoms with E-state index in [-0.39, 0.29) is 12.5 Å². The number of imidazole rings is 1. The van der Waals surface area contributed by atoms with Crippen LogP contribution in [-0.4, -0.2) is 52.2 Å². The van der Waals surface area contributed by atoms with E-state index in [1.807, 2.05) is 13.1 Å². The number of hydrogen-bond acceptors (Lipinski definition) is 7. The zero-order chi connectivity index (χ0) is 29.3. The summed E-state index contributed by atoms with van der Waals surface area (Å²) in [6.45, 7) is 5.64. The molecule has 1 fully saturated rings. The van der Waals surface area contributed by atoms with Gasteiger partial charge in [0.15, 0.2) is 0 Å². The van der Waals surface area contributed by atoms with E-state index < -0.39 is 0 Å². The monoisotopic (exact) mass is 587 g/mol. The van der Waals surface area contributed by atoms with Gasteiger partial charge in [-0.2, -0.15) is 9.97 Å². The minimum atomic E-state index is -0.210. The number of amides is 1. The number of aryl methyl sites for hydroxylation is 1. The Kier molecular flexibility index (Phi) is 14.9. The van der Waals surface area contributed by atoms with E-state index in [1.165, 1.54) is 32.1 Å². The van der Waals surface area contributed by atoms with Gasteiger partial charge in [-0.25, -0.2) is 4.98 Å². The second kappa shape index (κ2) is 18.1. The molecule has 1 amide bonds. The SMILES string of the molecule is C#C.CC1CCCCC1.COCCNc1nc(NCC(=O)NCc2ccc(Cl)cc2Cl)cc(-n2cnc(C)c2)n1. The average Bonchev–Trinajstić information content (AvgIpc) is 3.40. The Morgan fingerprint density at radius 1 is 1.12 bits per heavy atom. The lowest BCUT2D eigenvalue weighted by Gasteiger charge is -2.15. The molecule has 2 heterocycles. The van der Waals surface area contributed by atoms with Gasteiger partial charge < -0.3 is 20.7 Å². The van der Waals surface area contributed by atoms with E-state index in [2.05, 4.69) is 50.7 Å². The van der Waals surface area contributed by atoms with Crippen molar-refractivity contribution in [2.75, 3.05) is 37.4 Å². The molecule has 0 saturated heterocycles. The fourth-order valence-electron chi connectivity index (χ4n) is 3.95. The molecule has 2 aromatic heterocycles. The third-order valence-corrected chi connectivity index (χ3v) is 6.68. The Labute approximate surface area is 247 Å². The Morgan fingerprint density at radius 3 is 2.48 bits per heavy atom. The van der Waals surface area contributed by atoms with Crippen molar-refractivity contribution < 1.29 is 9.53 Å². The number of methoxy groups -OCH3 is 1. The van der Waals surface area contributed by atoms with Crippen LogP contribution in [0.3, 0.4) is 0 Å². The first-order valence-electron chi connectivity index (χ1n) is 13.2. The molecule has 11 heteroatoms. The highest BCUT2D eigenvalue weighted by atomic mass is 35.5. The molecular formula is C29H39Cl2N7O2. The van der Waals surface area contributed by atoms with E-state index in [9.17, 15) is 4.79 Å². The smallest absolute Gasteiger partial charge is 0.239 e. The minimum absolute atomic E-state index is 0.0299. The number of rotatable bonds is 10. The summed E-state index contributed by atoms with van der Waals surface area (Å²) in [6.07, 6.45) is 19.0. The van der Waals surface area contributed by atoms with Crippen LogP contribution in [0.2, 0.25) is 10.0 Å². The second-order valence-electron chi connectivity index (χ2n) is 9.39. The van der Waals surface area contributed by atoms with Gasteiger partial charge in [-0.05, 0) is 30.5 Å². The molecule has 4 rings (SSSR count). The number of carbonyl (C=O) groups excluding carboxylic acids is 1. The Morgan fingerprint density at radius 2 is 1.88 bits per heavy atom. The number of aromatic nitrogens is 4. The first-order chi connectivity index (χ1) is 19.3. The third-order valence-electron chi connectivity index (χ3n) is 6.09. The Balaban J connectivity index is 0.000000534. The number of nitrogens with one attached hydrogen (secondary N) is 3. The van der Waals surface area contributed by atoms with Crippen molar-refractivity contribution in [3.05, 3.63) is 58.1 Å². The van der Waals surface area contributed by atoms with Crippen molar-refractivity contribution in [2.45, 2.75) is 52.5 Å². The Hall–Kier alpha value is -3.32. The van der Waals surface area contributed by atoms with Gasteiger partial charge in [-0.3, -0.25) is 9.36 Å². The number of terminal acetylenes is 1. The lowest BCUT2D eigenvalue weighted by Crippen LogP contribution is -2.29. The largest absolute Gasteiger partial charge is 0.383 e. The number of halogens is 2. The van der Waals surface area contributed by atoms with Gasteiger partial charge in [0.1, 0.15) is 18.0 Å². The molecule has 9 nitrogen and oxygen atoms in total. The van der Waals surface area contributed by atoms with Crippen LogP contribution in [0.15, 0.2) is 36.8 Å². The number of ether oxygens (including phenoxy) is 1. The molecule has 1 aliphatic rings. The fourth-order valence-corrected chi connectivity index (χ4v) is 4.42. The topological polar surface area (TPSA) is 106 Å². The molecule has 0 spiro atoms. The normalized spacial score (nSPS) is 12.8. The zero-order valence-corrected chi connectivity index (χ0v) is 24.9. The number of nitrogens with zero attached hydrogens (tertiary/aromatic N) is 4. The minimum Gasteiger partial charge on any atom is -0.383 e. The van der Waals surface area contributed by atoms with Crippen LogP contribution in [-0.2, 0) is 16.1 Å². The van der Waals surface area contributed by atoms with Crippen LogP contribution in [0.5, 0.6) is 0 Å². The lowest BCUT2D eigenvalue weighted by molar-refractivity contribution is -0.119. The van der Waals surface area contributed by atoms with E-state index in [0.29, 0.717) is 47.3 Å². The standard InChI is InChI=1S/C20H23Cl2N7O2.C7H14.C2H2/c1-13-11-29(12-26-13)18-8-17(27-20(28-18)23-5-6-31-2)24-10-19(30)25-9-14-3-4-15(21)7-16(14)22;1-7-5-3-2-4-6-7;1-2/h3-4,7-8,11-12H,5-6,9-10H2,1-2H3,(H,25,30)(H2,23,24,27,28);7H,2-6H2,1H3;1-2H. The molecule has 1 aromatic carbocycles. The number of carbonyl (C=O) groups is 1. The zero-order valence-electron chi connectivity index (χ0n) is 23.4. The van der Waals surface area contributed by atoms with Crippen LogP contribution < -0.4 is 16.0 Å². The summed E-state index contributed by atoms with van der Waals surface area (Å²) in [7, 11) is 1.62. The predicted octanol–water partition coefficient (Wildman–Crippen LogP) is 5.90. The summed E-state index contributed by atoms with van der Waals surface area (Å²) >= 11 is 12.0.